The van der Waals surface area contributed by atoms with Gasteiger partial charge in [-0.3, -0.25) is 4.79 Å². The summed E-state index contributed by atoms with van der Waals surface area (Å²) in [7, 11) is 0. The summed E-state index contributed by atoms with van der Waals surface area (Å²) in [6.07, 6.45) is 2.86. The number of nitrogens with two attached hydrogens (primary N) is 1. The molecule has 0 spiro atoms. The molecule has 0 aromatic rings. The van der Waals surface area contributed by atoms with Crippen LogP contribution in [0.15, 0.2) is 0 Å². The molecule has 1 saturated carbocycles. The number of carboxylic acid groups (broad SMARTS) is 1. The topological polar surface area (TPSA) is 122 Å². The summed E-state index contributed by atoms with van der Waals surface area (Å²) in [4.78, 5) is 32.8. The van der Waals surface area contributed by atoms with Crippen LogP contribution in [0.25, 0.3) is 0 Å². The second-order valence-electron chi connectivity index (χ2n) is 4.14. The van der Waals surface area contributed by atoms with E-state index in [1.165, 1.54) is 0 Å². The summed E-state index contributed by atoms with van der Waals surface area (Å²) < 4.78 is 0. The average molecular weight is 243 g/mol. The van der Waals surface area contributed by atoms with E-state index in [4.69, 9.17) is 10.8 Å². The smallest absolute Gasteiger partial charge is 0.326 e. The molecule has 7 nitrogen and oxygen atoms in total. The zero-order valence-corrected chi connectivity index (χ0v) is 9.44. The van der Waals surface area contributed by atoms with Gasteiger partial charge in [-0.25, -0.2) is 9.59 Å². The molecular weight excluding hydrogens is 226 g/mol. The number of urea groups is 1. The first-order chi connectivity index (χ1) is 7.99. The minimum Gasteiger partial charge on any atom is -0.480 e. The van der Waals surface area contributed by atoms with Crippen molar-refractivity contribution < 1.29 is 19.5 Å². The van der Waals surface area contributed by atoms with Gasteiger partial charge in [0.2, 0.25) is 5.91 Å². The molecule has 17 heavy (non-hydrogen) atoms. The van der Waals surface area contributed by atoms with E-state index in [2.05, 4.69) is 10.6 Å². The Kier molecular flexibility index (Phi) is 4.74. The zero-order valence-electron chi connectivity index (χ0n) is 9.44. The molecule has 3 amide bonds. The highest BCUT2D eigenvalue weighted by atomic mass is 16.4. The normalized spacial score (nSPS) is 16.7. The number of amides is 3. The Morgan fingerprint density at radius 1 is 1.35 bits per heavy atom. The van der Waals surface area contributed by atoms with Gasteiger partial charge in [0.15, 0.2) is 0 Å². The Balaban J connectivity index is 2.33. The Labute approximate surface area is 98.7 Å². The molecule has 0 aromatic carbocycles. The SMILES string of the molecule is NC(=O)CC[C@H](NC(=O)NC1CCC1)C(=O)O. The van der Waals surface area contributed by atoms with Crippen molar-refractivity contribution in [3.8, 4) is 0 Å². The van der Waals surface area contributed by atoms with E-state index >= 15 is 0 Å². The second-order valence-corrected chi connectivity index (χ2v) is 4.14. The Hall–Kier alpha value is -1.79. The second kappa shape index (κ2) is 6.07. The van der Waals surface area contributed by atoms with E-state index in [0.29, 0.717) is 0 Å². The van der Waals surface area contributed by atoms with Gasteiger partial charge in [-0.1, -0.05) is 0 Å². The molecule has 7 heteroatoms. The molecule has 0 radical (unpaired) electrons. The van der Waals surface area contributed by atoms with Crippen molar-refractivity contribution in [1.82, 2.24) is 10.6 Å². The Morgan fingerprint density at radius 3 is 2.41 bits per heavy atom. The first-order valence-electron chi connectivity index (χ1n) is 5.57. The molecular formula is C10H17N3O4. The summed E-state index contributed by atoms with van der Waals surface area (Å²) in [6, 6.07) is -1.45. The number of carbonyl (C=O) groups excluding carboxylic acids is 2. The molecule has 0 aliphatic heterocycles. The monoisotopic (exact) mass is 243 g/mol. The maximum absolute atomic E-state index is 11.4. The highest BCUT2D eigenvalue weighted by Gasteiger charge is 2.24. The van der Waals surface area contributed by atoms with Crippen LogP contribution in [-0.2, 0) is 9.59 Å². The van der Waals surface area contributed by atoms with Crippen molar-refractivity contribution in [3.63, 3.8) is 0 Å². The highest BCUT2D eigenvalue weighted by molar-refractivity contribution is 5.83. The van der Waals surface area contributed by atoms with Crippen LogP contribution in [0.5, 0.6) is 0 Å². The van der Waals surface area contributed by atoms with Crippen molar-refractivity contribution in [2.24, 2.45) is 5.73 Å². The van der Waals surface area contributed by atoms with Crippen LogP contribution in [0.4, 0.5) is 4.79 Å². The Bertz CT molecular complexity index is 315. The van der Waals surface area contributed by atoms with Gasteiger partial charge in [-0.05, 0) is 25.7 Å². The highest BCUT2D eigenvalue weighted by Crippen LogP contribution is 2.17. The van der Waals surface area contributed by atoms with Crippen LogP contribution in [0.2, 0.25) is 0 Å². The van der Waals surface area contributed by atoms with Crippen LogP contribution in [-0.4, -0.2) is 35.1 Å². The minimum absolute atomic E-state index is 0.00273. The van der Waals surface area contributed by atoms with Crippen molar-refractivity contribution in [2.45, 2.75) is 44.2 Å². The first kappa shape index (κ1) is 13.3. The maximum Gasteiger partial charge on any atom is 0.326 e. The molecule has 0 aromatic heterocycles. The molecule has 96 valence electrons. The number of primary amides is 1. The third kappa shape index (κ3) is 4.71. The maximum atomic E-state index is 11.4. The molecule has 0 bridgehead atoms. The minimum atomic E-state index is -1.17. The molecule has 1 aliphatic carbocycles. The van der Waals surface area contributed by atoms with Gasteiger partial charge >= 0.3 is 12.0 Å². The number of nitrogens with one attached hydrogen (secondary N) is 2. The largest absolute Gasteiger partial charge is 0.480 e. The van der Waals surface area contributed by atoms with Gasteiger partial charge in [0.25, 0.3) is 0 Å². The van der Waals surface area contributed by atoms with E-state index in [-0.39, 0.29) is 18.9 Å². The van der Waals surface area contributed by atoms with Gasteiger partial charge in [-0.2, -0.15) is 0 Å². The lowest BCUT2D eigenvalue weighted by Gasteiger charge is -2.27. The molecule has 0 saturated heterocycles. The van der Waals surface area contributed by atoms with Crippen LogP contribution < -0.4 is 16.4 Å². The number of carbonyl (C=O) groups is 3. The predicted molar refractivity (Wildman–Crippen MR) is 59.2 cm³/mol. The molecule has 1 rings (SSSR count). The summed E-state index contributed by atoms with van der Waals surface area (Å²) >= 11 is 0. The summed E-state index contributed by atoms with van der Waals surface area (Å²) in [5.41, 5.74) is 4.92. The number of rotatable bonds is 6. The third-order valence-corrected chi connectivity index (χ3v) is 2.72. The van der Waals surface area contributed by atoms with Crippen LogP contribution >= 0.6 is 0 Å². The molecule has 0 unspecified atom stereocenters. The lowest BCUT2D eigenvalue weighted by atomic mass is 9.93. The van der Waals surface area contributed by atoms with E-state index in [1.54, 1.807) is 0 Å². The van der Waals surface area contributed by atoms with Gasteiger partial charge in [0, 0.05) is 12.5 Å². The van der Waals surface area contributed by atoms with E-state index in [9.17, 15) is 14.4 Å². The van der Waals surface area contributed by atoms with Gasteiger partial charge in [0.1, 0.15) is 6.04 Å². The van der Waals surface area contributed by atoms with Crippen molar-refractivity contribution in [1.29, 1.82) is 0 Å². The fraction of sp³-hybridized carbons (Fsp3) is 0.700. The summed E-state index contributed by atoms with van der Waals surface area (Å²) in [6.45, 7) is 0. The molecule has 0 heterocycles. The van der Waals surface area contributed by atoms with E-state index in [1.807, 2.05) is 0 Å². The number of carboxylic acids is 1. The average Bonchev–Trinajstić information content (AvgIpc) is 2.17. The lowest BCUT2D eigenvalue weighted by Crippen LogP contribution is -2.50. The van der Waals surface area contributed by atoms with Gasteiger partial charge < -0.3 is 21.5 Å². The summed E-state index contributed by atoms with van der Waals surface area (Å²) in [5.74, 6) is -1.76. The quantitative estimate of drug-likeness (QED) is 0.505. The predicted octanol–water partition coefficient (Wildman–Crippen LogP) is -0.443. The molecule has 1 aliphatic rings. The fourth-order valence-electron chi connectivity index (χ4n) is 1.48. The van der Waals surface area contributed by atoms with Gasteiger partial charge in [0.05, 0.1) is 0 Å². The third-order valence-electron chi connectivity index (χ3n) is 2.72. The lowest BCUT2D eigenvalue weighted by molar-refractivity contribution is -0.139. The number of aliphatic carboxylic acids is 1. The number of hydrogen-bond donors (Lipinski definition) is 4. The first-order valence-corrected chi connectivity index (χ1v) is 5.57. The fourth-order valence-corrected chi connectivity index (χ4v) is 1.48. The zero-order chi connectivity index (χ0) is 12.8. The van der Waals surface area contributed by atoms with Crippen molar-refractivity contribution >= 4 is 17.9 Å². The van der Waals surface area contributed by atoms with Crippen LogP contribution in [0, 0.1) is 0 Å². The molecule has 1 fully saturated rings. The molecule has 5 N–H and O–H groups in total. The standard InChI is InChI=1S/C10H17N3O4/c11-8(14)5-4-7(9(15)16)13-10(17)12-6-2-1-3-6/h6-7H,1-5H2,(H2,11,14)(H,15,16)(H2,12,13,17)/t7-/m0/s1. The Morgan fingerprint density at radius 2 is 2.00 bits per heavy atom. The van der Waals surface area contributed by atoms with Gasteiger partial charge in [-0.15, -0.1) is 0 Å². The van der Waals surface area contributed by atoms with Crippen LogP contribution in [0.1, 0.15) is 32.1 Å². The van der Waals surface area contributed by atoms with Crippen LogP contribution in [0.3, 0.4) is 0 Å². The number of hydrogen-bond acceptors (Lipinski definition) is 3. The summed E-state index contributed by atoms with van der Waals surface area (Å²) in [5, 5.41) is 13.8. The van der Waals surface area contributed by atoms with Crippen molar-refractivity contribution in [3.05, 3.63) is 0 Å². The molecule has 1 atom stereocenters. The van der Waals surface area contributed by atoms with E-state index in [0.717, 1.165) is 19.3 Å². The van der Waals surface area contributed by atoms with E-state index < -0.39 is 23.9 Å². The van der Waals surface area contributed by atoms with Crippen molar-refractivity contribution in [2.75, 3.05) is 0 Å².